The van der Waals surface area contributed by atoms with Gasteiger partial charge < -0.3 is 28.5 Å². The van der Waals surface area contributed by atoms with E-state index in [1.165, 1.54) is 18.2 Å². The molecule has 1 aliphatic rings. The molecule has 57 heavy (non-hydrogen) atoms. The number of phenolic OH excluding ortho intramolecular Hbond substituents is 1. The SMILES string of the molecule is Cc1ccc(/C=C/C(=O)Oc2cc(O)c3c(=O)c(OC(=O)/C=C/c4ccc(C)cc4)c(-c4ccc5c(c4)OC(c4ccccc4)(c4ccccc4)O5)oc3c2)cc1. The number of fused-ring (bicyclic) bond motifs is 2. The standard InChI is InChI=1S/C48H34O9/c1-30-13-17-32(18-14-30)21-25-42(50)53-37-28-38(49)44-41(29-37)54-46(47(45(44)52)55-43(51)26-22-33-19-15-31(2)16-20-33)34-23-24-39-40(27-34)57-48(56-39,35-9-5-3-6-10-35)36-11-7-4-8-12-36/h3-29,49H,1-2H3/b25-21+,26-22+. The molecule has 9 nitrogen and oxygen atoms in total. The van der Waals surface area contributed by atoms with Crippen LogP contribution < -0.4 is 24.4 Å². The lowest BCUT2D eigenvalue weighted by molar-refractivity contribution is -0.129. The number of carbonyl (C=O) groups is 2. The Hall–Kier alpha value is -7.65. The van der Waals surface area contributed by atoms with Crippen LogP contribution in [0.25, 0.3) is 34.4 Å². The Bertz CT molecular complexity index is 2710. The first-order valence-corrected chi connectivity index (χ1v) is 18.1. The lowest BCUT2D eigenvalue weighted by Gasteiger charge is -2.28. The largest absolute Gasteiger partial charge is 0.507 e. The number of hydrogen-bond acceptors (Lipinski definition) is 9. The van der Waals surface area contributed by atoms with E-state index in [2.05, 4.69) is 0 Å². The topological polar surface area (TPSA) is 122 Å². The quantitative estimate of drug-likeness (QED) is 0.0872. The second kappa shape index (κ2) is 15.2. The molecule has 0 spiro atoms. The van der Waals surface area contributed by atoms with Crippen LogP contribution in [0.15, 0.2) is 161 Å². The molecule has 0 unspecified atom stereocenters. The first kappa shape index (κ1) is 36.3. The van der Waals surface area contributed by atoms with E-state index in [9.17, 15) is 19.5 Å². The van der Waals surface area contributed by atoms with E-state index in [-0.39, 0.29) is 22.5 Å². The molecule has 9 heteroatoms. The maximum absolute atomic E-state index is 14.2. The fraction of sp³-hybridized carbons (Fsp3) is 0.0625. The number of carbonyl (C=O) groups excluding carboxylic acids is 2. The Morgan fingerprint density at radius 3 is 1.75 bits per heavy atom. The van der Waals surface area contributed by atoms with Crippen LogP contribution in [0.4, 0.5) is 0 Å². The Balaban J connectivity index is 1.19. The summed E-state index contributed by atoms with van der Waals surface area (Å²) in [4.78, 5) is 40.3. The van der Waals surface area contributed by atoms with Gasteiger partial charge in [-0.25, -0.2) is 9.59 Å². The molecule has 0 saturated heterocycles. The number of esters is 2. The molecule has 0 amide bonds. The van der Waals surface area contributed by atoms with Gasteiger partial charge in [-0.05, 0) is 55.3 Å². The van der Waals surface area contributed by atoms with Crippen molar-refractivity contribution in [3.8, 4) is 40.1 Å². The van der Waals surface area contributed by atoms with Gasteiger partial charge in [0.15, 0.2) is 17.3 Å². The Morgan fingerprint density at radius 1 is 0.632 bits per heavy atom. The van der Waals surface area contributed by atoms with E-state index in [1.54, 1.807) is 30.4 Å². The molecule has 0 radical (unpaired) electrons. The summed E-state index contributed by atoms with van der Waals surface area (Å²) in [7, 11) is 0. The maximum Gasteiger partial charge on any atom is 0.336 e. The summed E-state index contributed by atoms with van der Waals surface area (Å²) < 4.78 is 30.7. The van der Waals surface area contributed by atoms with Gasteiger partial charge in [-0.15, -0.1) is 0 Å². The third-order valence-electron chi connectivity index (χ3n) is 9.33. The highest BCUT2D eigenvalue weighted by molar-refractivity contribution is 5.94. The van der Waals surface area contributed by atoms with E-state index in [4.69, 9.17) is 23.4 Å². The number of hydrogen-bond donors (Lipinski definition) is 1. The van der Waals surface area contributed by atoms with Crippen LogP contribution >= 0.6 is 0 Å². The molecule has 0 atom stereocenters. The molecule has 0 saturated carbocycles. The molecule has 0 bridgehead atoms. The highest BCUT2D eigenvalue weighted by atomic mass is 16.7. The van der Waals surface area contributed by atoms with Crippen LogP contribution in [0, 0.1) is 13.8 Å². The Morgan fingerprint density at radius 2 is 1.18 bits per heavy atom. The van der Waals surface area contributed by atoms with Crippen molar-refractivity contribution in [2.45, 2.75) is 19.6 Å². The van der Waals surface area contributed by atoms with Crippen molar-refractivity contribution in [3.05, 3.63) is 195 Å². The molecule has 280 valence electrons. The summed E-state index contributed by atoms with van der Waals surface area (Å²) in [5, 5.41) is 10.8. The minimum absolute atomic E-state index is 0.0837. The van der Waals surface area contributed by atoms with Gasteiger partial charge in [0, 0.05) is 41.0 Å². The van der Waals surface area contributed by atoms with Crippen LogP contribution in [0.3, 0.4) is 0 Å². The van der Waals surface area contributed by atoms with Gasteiger partial charge in [0.2, 0.25) is 11.2 Å². The van der Waals surface area contributed by atoms with Crippen molar-refractivity contribution >= 4 is 35.1 Å². The lowest BCUT2D eigenvalue weighted by Crippen LogP contribution is -2.36. The van der Waals surface area contributed by atoms with Gasteiger partial charge in [0.05, 0.1) is 0 Å². The molecule has 0 aliphatic carbocycles. The van der Waals surface area contributed by atoms with Gasteiger partial charge in [-0.1, -0.05) is 120 Å². The van der Waals surface area contributed by atoms with Crippen molar-refractivity contribution < 1.29 is 38.1 Å². The summed E-state index contributed by atoms with van der Waals surface area (Å²) in [6.45, 7) is 3.91. The van der Waals surface area contributed by atoms with Crippen molar-refractivity contribution in [3.63, 3.8) is 0 Å². The fourth-order valence-electron chi connectivity index (χ4n) is 6.43. The highest BCUT2D eigenvalue weighted by Crippen LogP contribution is 2.49. The summed E-state index contributed by atoms with van der Waals surface area (Å²) >= 11 is 0. The van der Waals surface area contributed by atoms with Crippen LogP contribution in [-0.4, -0.2) is 17.0 Å². The van der Waals surface area contributed by atoms with Crippen LogP contribution in [0.1, 0.15) is 33.4 Å². The van der Waals surface area contributed by atoms with Crippen molar-refractivity contribution in [2.75, 3.05) is 0 Å². The molecule has 1 aromatic heterocycles. The number of benzene rings is 6. The van der Waals surface area contributed by atoms with Crippen molar-refractivity contribution in [2.24, 2.45) is 0 Å². The monoisotopic (exact) mass is 754 g/mol. The minimum Gasteiger partial charge on any atom is -0.507 e. The molecule has 1 N–H and O–H groups in total. The fourth-order valence-corrected chi connectivity index (χ4v) is 6.43. The first-order valence-electron chi connectivity index (χ1n) is 18.1. The predicted octanol–water partition coefficient (Wildman–Crippen LogP) is 9.69. The third-order valence-corrected chi connectivity index (χ3v) is 9.33. The number of aryl methyl sites for hydroxylation is 2. The number of phenols is 1. The zero-order valence-electron chi connectivity index (χ0n) is 30.8. The van der Waals surface area contributed by atoms with Crippen LogP contribution in [0.5, 0.6) is 28.7 Å². The zero-order chi connectivity index (χ0) is 39.5. The summed E-state index contributed by atoms with van der Waals surface area (Å²) in [6, 6.07) is 41.3. The maximum atomic E-state index is 14.2. The summed E-state index contributed by atoms with van der Waals surface area (Å²) in [5.41, 5.74) is 4.48. The Kier molecular flexibility index (Phi) is 9.71. The minimum atomic E-state index is -1.33. The summed E-state index contributed by atoms with van der Waals surface area (Å²) in [6.07, 6.45) is 5.59. The van der Waals surface area contributed by atoms with E-state index in [0.29, 0.717) is 17.1 Å². The number of rotatable bonds is 9. The third kappa shape index (κ3) is 7.54. The predicted molar refractivity (Wildman–Crippen MR) is 216 cm³/mol. The molecule has 0 fully saturated rings. The van der Waals surface area contributed by atoms with Gasteiger partial charge in [0.1, 0.15) is 22.5 Å². The molecular weight excluding hydrogens is 721 g/mol. The van der Waals surface area contributed by atoms with Crippen LogP contribution in [-0.2, 0) is 15.4 Å². The van der Waals surface area contributed by atoms with E-state index in [0.717, 1.165) is 39.4 Å². The van der Waals surface area contributed by atoms with E-state index >= 15 is 0 Å². The second-order valence-electron chi connectivity index (χ2n) is 13.4. The van der Waals surface area contributed by atoms with Crippen molar-refractivity contribution in [1.29, 1.82) is 0 Å². The normalized spacial score (nSPS) is 12.9. The summed E-state index contributed by atoms with van der Waals surface area (Å²) in [5.74, 6) is -3.42. The Labute approximate surface area is 327 Å². The highest BCUT2D eigenvalue weighted by Gasteiger charge is 2.45. The molecule has 2 heterocycles. The average Bonchev–Trinajstić information content (AvgIpc) is 3.62. The zero-order valence-corrected chi connectivity index (χ0v) is 30.8. The van der Waals surface area contributed by atoms with Gasteiger partial charge >= 0.3 is 17.7 Å². The number of ether oxygens (including phenoxy) is 4. The molecule has 8 rings (SSSR count). The van der Waals surface area contributed by atoms with E-state index in [1.807, 2.05) is 123 Å². The van der Waals surface area contributed by atoms with Gasteiger partial charge in [-0.2, -0.15) is 0 Å². The second-order valence-corrected chi connectivity index (χ2v) is 13.4. The smallest absolute Gasteiger partial charge is 0.336 e. The average molecular weight is 755 g/mol. The molecule has 6 aromatic carbocycles. The molecule has 7 aromatic rings. The lowest BCUT2D eigenvalue weighted by atomic mass is 9.97. The molecule has 1 aliphatic heterocycles. The van der Waals surface area contributed by atoms with E-state index < -0.39 is 34.7 Å². The van der Waals surface area contributed by atoms with Crippen molar-refractivity contribution in [1.82, 2.24) is 0 Å². The molecular formula is C48H34O9. The van der Waals surface area contributed by atoms with Gasteiger partial charge in [0.25, 0.3) is 0 Å². The first-order chi connectivity index (χ1) is 27.6. The van der Waals surface area contributed by atoms with Gasteiger partial charge in [-0.3, -0.25) is 4.79 Å². The van der Waals surface area contributed by atoms with Crippen LogP contribution in [0.2, 0.25) is 0 Å². The number of aromatic hydroxyl groups is 1.